The number of aromatic nitrogens is 4. The summed E-state index contributed by atoms with van der Waals surface area (Å²) in [7, 11) is 1.60. The predicted molar refractivity (Wildman–Crippen MR) is 103 cm³/mol. The lowest BCUT2D eigenvalue weighted by atomic mass is 10.1. The lowest BCUT2D eigenvalue weighted by Crippen LogP contribution is -2.00. The van der Waals surface area contributed by atoms with E-state index in [1.165, 1.54) is 6.33 Å². The van der Waals surface area contributed by atoms with Gasteiger partial charge in [0.15, 0.2) is 5.65 Å². The molecule has 0 radical (unpaired) electrons. The maximum absolute atomic E-state index is 9.66. The molecule has 0 bridgehead atoms. The van der Waals surface area contributed by atoms with Gasteiger partial charge in [-0.25, -0.2) is 15.0 Å². The highest BCUT2D eigenvalue weighted by molar-refractivity contribution is 5.95. The standard InChI is InChI=1S/C20H16N6O/c1-27-13-26-12-25-19-18(23-11-24-20(19)26)15(9-21)10-22-17-8-4-6-14-5-2-3-7-16(14)17/h2-8,10-12,22H,13H2,1H3/b15-10+. The summed E-state index contributed by atoms with van der Waals surface area (Å²) in [4.78, 5) is 12.9. The van der Waals surface area contributed by atoms with E-state index < -0.39 is 0 Å². The molecule has 27 heavy (non-hydrogen) atoms. The monoisotopic (exact) mass is 356 g/mol. The van der Waals surface area contributed by atoms with Crippen LogP contribution in [0.2, 0.25) is 0 Å². The van der Waals surface area contributed by atoms with Gasteiger partial charge in [0, 0.05) is 24.4 Å². The second kappa shape index (κ2) is 7.23. The van der Waals surface area contributed by atoms with Crippen molar-refractivity contribution in [3.8, 4) is 6.07 Å². The van der Waals surface area contributed by atoms with E-state index in [-0.39, 0.29) is 0 Å². The molecule has 2 heterocycles. The van der Waals surface area contributed by atoms with Crippen LogP contribution >= 0.6 is 0 Å². The van der Waals surface area contributed by atoms with Crippen molar-refractivity contribution in [1.29, 1.82) is 5.26 Å². The van der Waals surface area contributed by atoms with Crippen molar-refractivity contribution < 1.29 is 4.74 Å². The first kappa shape index (κ1) is 16.7. The van der Waals surface area contributed by atoms with Gasteiger partial charge in [0.1, 0.15) is 30.3 Å². The first-order valence-electron chi connectivity index (χ1n) is 8.31. The number of allylic oxidation sites excluding steroid dienone is 1. The van der Waals surface area contributed by atoms with Crippen molar-refractivity contribution in [2.24, 2.45) is 0 Å². The summed E-state index contributed by atoms with van der Waals surface area (Å²) >= 11 is 0. The first-order chi connectivity index (χ1) is 13.3. The SMILES string of the molecule is COCn1cnc2c(/C(C#N)=C/Nc3cccc4ccccc34)ncnc21. The minimum Gasteiger partial charge on any atom is -0.364 e. The molecule has 0 aliphatic rings. The lowest BCUT2D eigenvalue weighted by molar-refractivity contribution is 0.134. The number of anilines is 1. The van der Waals surface area contributed by atoms with Gasteiger partial charge in [-0.15, -0.1) is 0 Å². The Balaban J connectivity index is 1.74. The molecule has 132 valence electrons. The molecule has 0 atom stereocenters. The normalized spacial score (nSPS) is 11.6. The smallest absolute Gasteiger partial charge is 0.165 e. The van der Waals surface area contributed by atoms with Crippen molar-refractivity contribution >= 4 is 33.2 Å². The van der Waals surface area contributed by atoms with Crippen molar-refractivity contribution in [3.63, 3.8) is 0 Å². The number of ether oxygens (including phenoxy) is 1. The van der Waals surface area contributed by atoms with E-state index in [1.54, 1.807) is 24.2 Å². The fourth-order valence-corrected chi connectivity index (χ4v) is 2.97. The highest BCUT2D eigenvalue weighted by atomic mass is 16.5. The summed E-state index contributed by atoms with van der Waals surface area (Å²) in [5.41, 5.74) is 2.94. The third-order valence-corrected chi connectivity index (χ3v) is 4.21. The van der Waals surface area contributed by atoms with Crippen LogP contribution in [-0.4, -0.2) is 26.6 Å². The Labute approximate surface area is 155 Å². The van der Waals surface area contributed by atoms with E-state index in [1.807, 2.05) is 42.5 Å². The molecule has 7 nitrogen and oxygen atoms in total. The highest BCUT2D eigenvalue weighted by Crippen LogP contribution is 2.25. The maximum Gasteiger partial charge on any atom is 0.165 e. The van der Waals surface area contributed by atoms with E-state index in [2.05, 4.69) is 26.3 Å². The maximum atomic E-state index is 9.66. The average Bonchev–Trinajstić information content (AvgIpc) is 3.12. The average molecular weight is 356 g/mol. The zero-order valence-corrected chi connectivity index (χ0v) is 14.6. The van der Waals surface area contributed by atoms with Gasteiger partial charge in [-0.05, 0) is 11.5 Å². The molecule has 2 aromatic carbocycles. The quantitative estimate of drug-likeness (QED) is 0.550. The number of imidazole rings is 1. The Morgan fingerprint density at radius 3 is 2.89 bits per heavy atom. The fourth-order valence-electron chi connectivity index (χ4n) is 2.97. The molecular formula is C20H16N6O. The zero-order valence-electron chi connectivity index (χ0n) is 14.6. The number of fused-ring (bicyclic) bond motifs is 2. The van der Waals surface area contributed by atoms with Crippen LogP contribution in [0.25, 0.3) is 27.5 Å². The number of nitrogens with zero attached hydrogens (tertiary/aromatic N) is 5. The number of methoxy groups -OCH3 is 1. The number of hydrogen-bond donors (Lipinski definition) is 1. The lowest BCUT2D eigenvalue weighted by Gasteiger charge is -2.07. The molecule has 0 spiro atoms. The number of rotatable bonds is 5. The van der Waals surface area contributed by atoms with Gasteiger partial charge in [-0.2, -0.15) is 5.26 Å². The second-order valence-electron chi connectivity index (χ2n) is 5.87. The Morgan fingerprint density at radius 2 is 2.04 bits per heavy atom. The topological polar surface area (TPSA) is 88.7 Å². The molecule has 0 aliphatic heterocycles. The molecular weight excluding hydrogens is 340 g/mol. The zero-order chi connectivity index (χ0) is 18.6. The van der Waals surface area contributed by atoms with Gasteiger partial charge in [-0.3, -0.25) is 4.57 Å². The van der Waals surface area contributed by atoms with Gasteiger partial charge in [0.05, 0.1) is 11.9 Å². The van der Waals surface area contributed by atoms with Crippen LogP contribution < -0.4 is 5.32 Å². The minimum atomic E-state index is 0.326. The summed E-state index contributed by atoms with van der Waals surface area (Å²) < 4.78 is 6.90. The van der Waals surface area contributed by atoms with Crippen LogP contribution in [0.15, 0.2) is 61.3 Å². The molecule has 0 aliphatic carbocycles. The van der Waals surface area contributed by atoms with Crippen molar-refractivity contribution in [3.05, 3.63) is 67.0 Å². The van der Waals surface area contributed by atoms with Gasteiger partial charge in [0.2, 0.25) is 0 Å². The predicted octanol–water partition coefficient (Wildman–Crippen LogP) is 3.56. The van der Waals surface area contributed by atoms with Gasteiger partial charge < -0.3 is 10.1 Å². The molecule has 4 aromatic rings. The van der Waals surface area contributed by atoms with Crippen LogP contribution in [-0.2, 0) is 11.5 Å². The van der Waals surface area contributed by atoms with Crippen molar-refractivity contribution in [2.75, 3.05) is 12.4 Å². The number of hydrogen-bond acceptors (Lipinski definition) is 6. The second-order valence-corrected chi connectivity index (χ2v) is 5.87. The van der Waals surface area contributed by atoms with Crippen LogP contribution in [0.4, 0.5) is 5.69 Å². The Kier molecular flexibility index (Phi) is 4.47. The van der Waals surface area contributed by atoms with Crippen LogP contribution in [0.5, 0.6) is 0 Å². The summed E-state index contributed by atoms with van der Waals surface area (Å²) in [5.74, 6) is 0. The van der Waals surface area contributed by atoms with Gasteiger partial charge >= 0.3 is 0 Å². The molecule has 1 N–H and O–H groups in total. The number of benzene rings is 2. The molecule has 7 heteroatoms. The summed E-state index contributed by atoms with van der Waals surface area (Å²) in [6.07, 6.45) is 4.70. The van der Waals surface area contributed by atoms with E-state index in [0.29, 0.717) is 29.2 Å². The Morgan fingerprint density at radius 1 is 1.19 bits per heavy atom. The molecule has 2 aromatic heterocycles. The van der Waals surface area contributed by atoms with E-state index in [0.717, 1.165) is 16.5 Å². The molecule has 0 unspecified atom stereocenters. The van der Waals surface area contributed by atoms with E-state index in [4.69, 9.17) is 4.74 Å². The fraction of sp³-hybridized carbons (Fsp3) is 0.100. The summed E-state index contributed by atoms with van der Waals surface area (Å²) in [6, 6.07) is 16.3. The van der Waals surface area contributed by atoms with Gasteiger partial charge in [-0.1, -0.05) is 36.4 Å². The third kappa shape index (κ3) is 3.10. The Hall–Kier alpha value is -3.76. The van der Waals surface area contributed by atoms with Crippen LogP contribution in [0.1, 0.15) is 5.69 Å². The Bertz CT molecular complexity index is 1180. The largest absolute Gasteiger partial charge is 0.364 e. The van der Waals surface area contributed by atoms with E-state index in [9.17, 15) is 5.26 Å². The third-order valence-electron chi connectivity index (χ3n) is 4.21. The molecule has 0 saturated heterocycles. The van der Waals surface area contributed by atoms with E-state index >= 15 is 0 Å². The summed E-state index contributed by atoms with van der Waals surface area (Å²) in [5, 5.41) is 15.1. The summed E-state index contributed by atoms with van der Waals surface area (Å²) in [6.45, 7) is 0.326. The number of nitrogens with one attached hydrogen (secondary N) is 1. The first-order valence-corrected chi connectivity index (χ1v) is 8.31. The van der Waals surface area contributed by atoms with Crippen LogP contribution in [0.3, 0.4) is 0 Å². The van der Waals surface area contributed by atoms with Crippen LogP contribution in [0, 0.1) is 11.3 Å². The minimum absolute atomic E-state index is 0.326. The highest BCUT2D eigenvalue weighted by Gasteiger charge is 2.13. The molecule has 0 amide bonds. The molecule has 0 saturated carbocycles. The molecule has 4 rings (SSSR count). The van der Waals surface area contributed by atoms with Crippen molar-refractivity contribution in [1.82, 2.24) is 19.5 Å². The van der Waals surface area contributed by atoms with Gasteiger partial charge in [0.25, 0.3) is 0 Å². The number of nitriles is 1. The molecule has 0 fully saturated rings. The van der Waals surface area contributed by atoms with Crippen molar-refractivity contribution in [2.45, 2.75) is 6.73 Å².